The van der Waals surface area contributed by atoms with Crippen LogP contribution < -0.4 is 4.72 Å². The van der Waals surface area contributed by atoms with Crippen molar-refractivity contribution in [2.75, 3.05) is 19.3 Å². The zero-order chi connectivity index (χ0) is 15.6. The number of hydrogen-bond donors (Lipinski definition) is 2. The summed E-state index contributed by atoms with van der Waals surface area (Å²) in [4.78, 5) is 25.3. The lowest BCUT2D eigenvalue weighted by molar-refractivity contribution is -0.149. The summed E-state index contributed by atoms with van der Waals surface area (Å²) in [6.07, 6.45) is 4.25. The molecule has 0 spiro atoms. The minimum absolute atomic E-state index is 0.0855. The smallest absolute Gasteiger partial charge is 0.307 e. The Morgan fingerprint density at radius 3 is 2.19 bits per heavy atom. The molecule has 1 saturated heterocycles. The Labute approximate surface area is 124 Å². The Balaban J connectivity index is 1.90. The van der Waals surface area contributed by atoms with Crippen LogP contribution in [0.1, 0.15) is 32.1 Å². The second kappa shape index (κ2) is 6.31. The maximum Gasteiger partial charge on any atom is 0.307 e. The van der Waals surface area contributed by atoms with Crippen LogP contribution in [0.2, 0.25) is 0 Å². The molecule has 21 heavy (non-hydrogen) atoms. The number of carboxylic acid groups (broad SMARTS) is 1. The van der Waals surface area contributed by atoms with Crippen LogP contribution in [0.5, 0.6) is 0 Å². The van der Waals surface area contributed by atoms with Gasteiger partial charge < -0.3 is 10.0 Å². The SMILES string of the molecule is CS(=O)(=O)NC1CCN(C(=O)[C@@H]2CCC[C@@H]2C(=O)O)CC1. The molecule has 120 valence electrons. The predicted molar refractivity (Wildman–Crippen MR) is 76.0 cm³/mol. The van der Waals surface area contributed by atoms with E-state index in [1.807, 2.05) is 0 Å². The number of nitrogens with zero attached hydrogens (tertiary/aromatic N) is 1. The molecule has 1 saturated carbocycles. The quantitative estimate of drug-likeness (QED) is 0.761. The molecule has 1 amide bonds. The van der Waals surface area contributed by atoms with Crippen LogP contribution in [0.3, 0.4) is 0 Å². The van der Waals surface area contributed by atoms with Gasteiger partial charge in [0, 0.05) is 19.1 Å². The molecule has 1 heterocycles. The van der Waals surface area contributed by atoms with Gasteiger partial charge in [0.1, 0.15) is 0 Å². The zero-order valence-electron chi connectivity index (χ0n) is 12.1. The van der Waals surface area contributed by atoms with Crippen molar-refractivity contribution in [2.24, 2.45) is 11.8 Å². The van der Waals surface area contributed by atoms with Crippen molar-refractivity contribution in [1.82, 2.24) is 9.62 Å². The van der Waals surface area contributed by atoms with Gasteiger partial charge in [-0.3, -0.25) is 9.59 Å². The third kappa shape index (κ3) is 4.16. The molecule has 2 atom stereocenters. The maximum atomic E-state index is 12.4. The van der Waals surface area contributed by atoms with Gasteiger partial charge in [0.05, 0.1) is 18.1 Å². The number of rotatable bonds is 4. The number of likely N-dealkylation sites (tertiary alicyclic amines) is 1. The van der Waals surface area contributed by atoms with E-state index in [1.54, 1.807) is 4.90 Å². The molecule has 7 nitrogen and oxygen atoms in total. The van der Waals surface area contributed by atoms with Crippen molar-refractivity contribution >= 4 is 21.9 Å². The summed E-state index contributed by atoms with van der Waals surface area (Å²) < 4.78 is 24.9. The second-order valence-corrected chi connectivity index (χ2v) is 7.75. The standard InChI is InChI=1S/C13H22N2O5S/c1-21(19,20)14-9-5-7-15(8-6-9)12(16)10-3-2-4-11(10)13(17)18/h9-11,14H,2-8H2,1H3,(H,17,18)/t10-,11+/m1/s1. The highest BCUT2D eigenvalue weighted by Gasteiger charge is 2.40. The van der Waals surface area contributed by atoms with Gasteiger partial charge in [-0.1, -0.05) is 6.42 Å². The highest BCUT2D eigenvalue weighted by atomic mass is 32.2. The summed E-state index contributed by atoms with van der Waals surface area (Å²) in [5.41, 5.74) is 0. The van der Waals surface area contributed by atoms with E-state index in [0.29, 0.717) is 38.8 Å². The monoisotopic (exact) mass is 318 g/mol. The molecule has 0 aromatic rings. The third-order valence-electron chi connectivity index (χ3n) is 4.34. The lowest BCUT2D eigenvalue weighted by Crippen LogP contribution is -2.48. The molecule has 2 N–H and O–H groups in total. The van der Waals surface area contributed by atoms with Crippen LogP contribution in [0.15, 0.2) is 0 Å². The zero-order valence-corrected chi connectivity index (χ0v) is 12.9. The fourth-order valence-corrected chi connectivity index (χ4v) is 4.15. The first-order valence-corrected chi connectivity index (χ1v) is 9.16. The number of sulfonamides is 1. The first-order valence-electron chi connectivity index (χ1n) is 7.27. The van der Waals surface area contributed by atoms with Crippen LogP contribution in [0.4, 0.5) is 0 Å². The van der Waals surface area contributed by atoms with Crippen molar-refractivity contribution in [3.63, 3.8) is 0 Å². The molecule has 0 bridgehead atoms. The minimum atomic E-state index is -3.23. The molecule has 0 unspecified atom stereocenters. The average Bonchev–Trinajstić information content (AvgIpc) is 2.86. The lowest BCUT2D eigenvalue weighted by Gasteiger charge is -2.34. The van der Waals surface area contributed by atoms with E-state index in [4.69, 9.17) is 5.11 Å². The van der Waals surface area contributed by atoms with Crippen molar-refractivity contribution in [3.05, 3.63) is 0 Å². The number of nitrogens with one attached hydrogen (secondary N) is 1. The number of piperidine rings is 1. The minimum Gasteiger partial charge on any atom is -0.481 e. The number of amides is 1. The Morgan fingerprint density at radius 2 is 1.67 bits per heavy atom. The van der Waals surface area contributed by atoms with Crippen LogP contribution in [0.25, 0.3) is 0 Å². The normalized spacial score (nSPS) is 27.8. The van der Waals surface area contributed by atoms with Crippen molar-refractivity contribution < 1.29 is 23.1 Å². The van der Waals surface area contributed by atoms with Gasteiger partial charge in [-0.25, -0.2) is 13.1 Å². The van der Waals surface area contributed by atoms with E-state index in [9.17, 15) is 18.0 Å². The predicted octanol–water partition coefficient (Wildman–Crippen LogP) is 0.0275. The summed E-state index contributed by atoms with van der Waals surface area (Å²) in [5, 5.41) is 9.15. The number of hydrogen-bond acceptors (Lipinski definition) is 4. The van der Waals surface area contributed by atoms with Crippen LogP contribution in [0, 0.1) is 11.8 Å². The molecule has 1 aliphatic carbocycles. The third-order valence-corrected chi connectivity index (χ3v) is 5.10. The molecule has 0 aromatic carbocycles. The first-order chi connectivity index (χ1) is 9.78. The first kappa shape index (κ1) is 16.2. The number of carbonyl (C=O) groups excluding carboxylic acids is 1. The van der Waals surface area contributed by atoms with E-state index in [-0.39, 0.29) is 11.9 Å². The van der Waals surface area contributed by atoms with Crippen molar-refractivity contribution in [2.45, 2.75) is 38.1 Å². The van der Waals surface area contributed by atoms with E-state index in [0.717, 1.165) is 12.7 Å². The second-order valence-electron chi connectivity index (χ2n) is 5.97. The van der Waals surface area contributed by atoms with Gasteiger partial charge in [0.2, 0.25) is 15.9 Å². The molecule has 8 heteroatoms. The largest absolute Gasteiger partial charge is 0.481 e. The van der Waals surface area contributed by atoms with Gasteiger partial charge in [-0.2, -0.15) is 0 Å². The van der Waals surface area contributed by atoms with E-state index in [1.165, 1.54) is 0 Å². The summed E-state index contributed by atoms with van der Waals surface area (Å²) in [6.45, 7) is 0.962. The molecule has 2 aliphatic rings. The lowest BCUT2D eigenvalue weighted by atomic mass is 9.93. The molecular formula is C13H22N2O5S. The van der Waals surface area contributed by atoms with Gasteiger partial charge in [-0.15, -0.1) is 0 Å². The molecule has 0 aromatic heterocycles. The molecule has 2 fully saturated rings. The van der Waals surface area contributed by atoms with Crippen LogP contribution in [-0.4, -0.2) is 55.7 Å². The Hall–Kier alpha value is -1.15. The van der Waals surface area contributed by atoms with Gasteiger partial charge in [-0.05, 0) is 25.7 Å². The number of carbonyl (C=O) groups is 2. The van der Waals surface area contributed by atoms with E-state index < -0.39 is 27.8 Å². The van der Waals surface area contributed by atoms with Gasteiger partial charge in [0.15, 0.2) is 0 Å². The molecule has 0 radical (unpaired) electrons. The Kier molecular flexibility index (Phi) is 4.88. The van der Waals surface area contributed by atoms with Crippen LogP contribution >= 0.6 is 0 Å². The average molecular weight is 318 g/mol. The summed E-state index contributed by atoms with van der Waals surface area (Å²) >= 11 is 0. The number of aliphatic carboxylic acids is 1. The molecular weight excluding hydrogens is 296 g/mol. The topological polar surface area (TPSA) is 104 Å². The molecule has 2 rings (SSSR count). The summed E-state index contributed by atoms with van der Waals surface area (Å²) in [5.74, 6) is -1.96. The maximum absolute atomic E-state index is 12.4. The van der Waals surface area contributed by atoms with E-state index in [2.05, 4.69) is 4.72 Å². The fraction of sp³-hybridized carbons (Fsp3) is 0.846. The highest BCUT2D eigenvalue weighted by molar-refractivity contribution is 7.88. The Bertz CT molecular complexity index is 511. The van der Waals surface area contributed by atoms with Crippen molar-refractivity contribution in [3.8, 4) is 0 Å². The highest BCUT2D eigenvalue weighted by Crippen LogP contribution is 2.34. The Morgan fingerprint density at radius 1 is 1.10 bits per heavy atom. The summed E-state index contributed by atoms with van der Waals surface area (Å²) in [6, 6.07) is -0.136. The van der Waals surface area contributed by atoms with E-state index >= 15 is 0 Å². The van der Waals surface area contributed by atoms with Crippen LogP contribution in [-0.2, 0) is 19.6 Å². The van der Waals surface area contributed by atoms with Gasteiger partial charge >= 0.3 is 5.97 Å². The van der Waals surface area contributed by atoms with Crippen molar-refractivity contribution in [1.29, 1.82) is 0 Å². The summed E-state index contributed by atoms with van der Waals surface area (Å²) in [7, 11) is -3.23. The fourth-order valence-electron chi connectivity index (χ4n) is 3.31. The van der Waals surface area contributed by atoms with Gasteiger partial charge in [0.25, 0.3) is 0 Å². The molecule has 1 aliphatic heterocycles. The number of carboxylic acids is 1.